The van der Waals surface area contributed by atoms with E-state index < -0.39 is 0 Å². The molecular formula is C22H25ClFN3O2S. The second-order valence-corrected chi connectivity index (χ2v) is 8.08. The number of rotatable bonds is 7. The number of hydrogen-bond acceptors (Lipinski definition) is 5. The van der Waals surface area contributed by atoms with Crippen LogP contribution in [0.1, 0.15) is 12.0 Å². The topological polar surface area (TPSA) is 45.7 Å². The third kappa shape index (κ3) is 5.55. The van der Waals surface area contributed by atoms with Gasteiger partial charge in [-0.3, -0.25) is 14.6 Å². The Bertz CT molecular complexity index is 963. The first-order valence-corrected chi connectivity index (χ1v) is 10.7. The van der Waals surface area contributed by atoms with Crippen molar-refractivity contribution in [2.24, 2.45) is 0 Å². The van der Waals surface area contributed by atoms with Crippen molar-refractivity contribution in [1.29, 1.82) is 0 Å². The van der Waals surface area contributed by atoms with Crippen LogP contribution >= 0.6 is 23.7 Å². The molecule has 30 heavy (non-hydrogen) atoms. The number of nitrogens with zero attached hydrogens (tertiary/aromatic N) is 3. The van der Waals surface area contributed by atoms with E-state index >= 15 is 0 Å². The van der Waals surface area contributed by atoms with E-state index in [1.807, 2.05) is 36.4 Å². The molecule has 3 aromatic rings. The summed E-state index contributed by atoms with van der Waals surface area (Å²) >= 11 is 1.37. The van der Waals surface area contributed by atoms with Gasteiger partial charge in [-0.05, 0) is 24.1 Å². The highest BCUT2D eigenvalue weighted by Gasteiger charge is 2.22. The monoisotopic (exact) mass is 449 g/mol. The van der Waals surface area contributed by atoms with E-state index in [2.05, 4.69) is 9.88 Å². The zero-order chi connectivity index (χ0) is 20.1. The first kappa shape index (κ1) is 22.6. The average Bonchev–Trinajstić information content (AvgIpc) is 3.19. The van der Waals surface area contributed by atoms with Gasteiger partial charge in [0.2, 0.25) is 5.91 Å². The van der Waals surface area contributed by atoms with Gasteiger partial charge in [0, 0.05) is 32.6 Å². The molecule has 0 unspecified atom stereocenters. The van der Waals surface area contributed by atoms with Gasteiger partial charge in [0.1, 0.15) is 11.3 Å². The van der Waals surface area contributed by atoms with Crippen molar-refractivity contribution < 1.29 is 13.9 Å². The molecule has 0 radical (unpaired) electrons. The third-order valence-electron chi connectivity index (χ3n) is 5.10. The lowest BCUT2D eigenvalue weighted by Crippen LogP contribution is -2.43. The average molecular weight is 450 g/mol. The molecule has 1 aromatic heterocycles. The Morgan fingerprint density at radius 3 is 2.63 bits per heavy atom. The number of thiazole rings is 1. The minimum Gasteiger partial charge on any atom is -0.379 e. The fourth-order valence-electron chi connectivity index (χ4n) is 3.44. The van der Waals surface area contributed by atoms with E-state index in [1.54, 1.807) is 11.0 Å². The van der Waals surface area contributed by atoms with Gasteiger partial charge in [0.05, 0.1) is 17.9 Å². The quantitative estimate of drug-likeness (QED) is 0.543. The van der Waals surface area contributed by atoms with E-state index in [0.717, 1.165) is 29.9 Å². The fraction of sp³-hybridized carbons (Fsp3) is 0.364. The molecular weight excluding hydrogens is 425 g/mol. The second kappa shape index (κ2) is 10.8. The van der Waals surface area contributed by atoms with Gasteiger partial charge in [-0.25, -0.2) is 9.37 Å². The molecule has 4 rings (SSSR count). The van der Waals surface area contributed by atoms with E-state index in [-0.39, 0.29) is 24.1 Å². The predicted molar refractivity (Wildman–Crippen MR) is 121 cm³/mol. The molecule has 1 aliphatic rings. The van der Waals surface area contributed by atoms with Crippen molar-refractivity contribution in [2.75, 3.05) is 44.3 Å². The van der Waals surface area contributed by atoms with Crippen molar-refractivity contribution in [3.8, 4) is 0 Å². The van der Waals surface area contributed by atoms with Crippen LogP contribution in [0.2, 0.25) is 0 Å². The zero-order valence-electron chi connectivity index (χ0n) is 16.6. The molecule has 1 amide bonds. The number of ether oxygens (including phenoxy) is 1. The molecule has 2 heterocycles. The second-order valence-electron chi connectivity index (χ2n) is 7.07. The van der Waals surface area contributed by atoms with E-state index in [1.165, 1.54) is 17.4 Å². The molecule has 0 saturated carbocycles. The van der Waals surface area contributed by atoms with Gasteiger partial charge in [0.25, 0.3) is 0 Å². The Morgan fingerprint density at radius 1 is 1.13 bits per heavy atom. The molecule has 0 N–H and O–H groups in total. The Hall–Kier alpha value is -2.06. The van der Waals surface area contributed by atoms with Crippen LogP contribution in [0.3, 0.4) is 0 Å². The van der Waals surface area contributed by atoms with E-state index in [9.17, 15) is 9.18 Å². The van der Waals surface area contributed by atoms with Gasteiger partial charge in [-0.2, -0.15) is 0 Å². The summed E-state index contributed by atoms with van der Waals surface area (Å²) in [5.41, 5.74) is 1.46. The SMILES string of the molecule is Cl.O=C(CCc1ccccc1)N(CCN1CCOCC1)c1nc2c(F)cccc2s1. The minimum atomic E-state index is -0.352. The molecule has 1 aliphatic heterocycles. The molecule has 1 fully saturated rings. The maximum Gasteiger partial charge on any atom is 0.229 e. The van der Waals surface area contributed by atoms with Crippen LogP contribution in [-0.4, -0.2) is 55.2 Å². The Balaban J connectivity index is 0.00000256. The number of benzene rings is 2. The Kier molecular flexibility index (Phi) is 8.16. The van der Waals surface area contributed by atoms with Crippen LogP contribution in [0.4, 0.5) is 9.52 Å². The Morgan fingerprint density at radius 2 is 1.90 bits per heavy atom. The van der Waals surface area contributed by atoms with Crippen LogP contribution < -0.4 is 4.90 Å². The van der Waals surface area contributed by atoms with Crippen molar-refractivity contribution in [3.05, 3.63) is 59.9 Å². The van der Waals surface area contributed by atoms with Crippen molar-refractivity contribution >= 4 is 45.0 Å². The Labute approximate surface area is 185 Å². The summed E-state index contributed by atoms with van der Waals surface area (Å²) in [5.74, 6) is -0.337. The summed E-state index contributed by atoms with van der Waals surface area (Å²) in [6.07, 6.45) is 1.07. The predicted octanol–water partition coefficient (Wildman–Crippen LogP) is 4.16. The largest absolute Gasteiger partial charge is 0.379 e. The lowest BCUT2D eigenvalue weighted by atomic mass is 10.1. The summed E-state index contributed by atoms with van der Waals surface area (Å²) in [6.45, 7) is 4.44. The summed E-state index contributed by atoms with van der Waals surface area (Å²) in [4.78, 5) is 21.6. The van der Waals surface area contributed by atoms with Crippen molar-refractivity contribution in [2.45, 2.75) is 12.8 Å². The van der Waals surface area contributed by atoms with Crippen molar-refractivity contribution in [1.82, 2.24) is 9.88 Å². The highest BCUT2D eigenvalue weighted by Crippen LogP contribution is 2.30. The molecule has 5 nitrogen and oxygen atoms in total. The molecule has 160 valence electrons. The van der Waals surface area contributed by atoms with Crippen LogP contribution in [-0.2, 0) is 16.0 Å². The number of carbonyl (C=O) groups is 1. The minimum absolute atomic E-state index is 0. The molecule has 8 heteroatoms. The van der Waals surface area contributed by atoms with Gasteiger partial charge >= 0.3 is 0 Å². The van der Waals surface area contributed by atoms with Gasteiger partial charge in [0.15, 0.2) is 5.13 Å². The molecule has 2 aromatic carbocycles. The fourth-order valence-corrected chi connectivity index (χ4v) is 4.47. The van der Waals surface area contributed by atoms with E-state index in [0.29, 0.717) is 43.2 Å². The van der Waals surface area contributed by atoms with Crippen LogP contribution in [0.25, 0.3) is 10.2 Å². The van der Waals surface area contributed by atoms with Crippen molar-refractivity contribution in [3.63, 3.8) is 0 Å². The van der Waals surface area contributed by atoms with Crippen LogP contribution in [0, 0.1) is 5.82 Å². The number of hydrogen-bond donors (Lipinski definition) is 0. The maximum atomic E-state index is 14.1. The number of anilines is 1. The maximum absolute atomic E-state index is 14.1. The molecule has 0 atom stereocenters. The molecule has 0 spiro atoms. The summed E-state index contributed by atoms with van der Waals surface area (Å²) < 4.78 is 20.3. The summed E-state index contributed by atoms with van der Waals surface area (Å²) in [5, 5.41) is 0.566. The zero-order valence-corrected chi connectivity index (χ0v) is 18.3. The number of aromatic nitrogens is 1. The number of halogens is 2. The van der Waals surface area contributed by atoms with Crippen LogP contribution in [0.15, 0.2) is 48.5 Å². The first-order chi connectivity index (χ1) is 14.2. The van der Waals surface area contributed by atoms with E-state index in [4.69, 9.17) is 4.74 Å². The lowest BCUT2D eigenvalue weighted by molar-refractivity contribution is -0.118. The summed E-state index contributed by atoms with van der Waals surface area (Å²) in [6, 6.07) is 14.9. The number of fused-ring (bicyclic) bond motifs is 1. The number of carbonyl (C=O) groups excluding carboxylic acids is 1. The molecule has 0 aliphatic carbocycles. The number of aryl methyl sites for hydroxylation is 1. The smallest absolute Gasteiger partial charge is 0.229 e. The summed E-state index contributed by atoms with van der Waals surface area (Å²) in [7, 11) is 0. The number of morpholine rings is 1. The first-order valence-electron chi connectivity index (χ1n) is 9.90. The van der Waals surface area contributed by atoms with Gasteiger partial charge in [-0.15, -0.1) is 12.4 Å². The lowest BCUT2D eigenvalue weighted by Gasteiger charge is -2.29. The normalized spacial score (nSPS) is 14.4. The third-order valence-corrected chi connectivity index (χ3v) is 6.15. The standard InChI is InChI=1S/C22H24FN3O2S.ClH/c23-18-7-4-8-19-21(18)24-22(29-19)26(12-11-25-13-15-28-16-14-25)20(27)10-9-17-5-2-1-3-6-17;/h1-8H,9-16H2;1H. The molecule has 1 saturated heterocycles. The number of amides is 1. The highest BCUT2D eigenvalue weighted by atomic mass is 35.5. The molecule has 0 bridgehead atoms. The van der Waals surface area contributed by atoms with Crippen LogP contribution in [0.5, 0.6) is 0 Å². The highest BCUT2D eigenvalue weighted by molar-refractivity contribution is 7.22. The van der Waals surface area contributed by atoms with Gasteiger partial charge < -0.3 is 4.74 Å². The van der Waals surface area contributed by atoms with Gasteiger partial charge in [-0.1, -0.05) is 47.7 Å². The number of para-hydroxylation sites is 1.